The minimum atomic E-state index is 0.369. The highest BCUT2D eigenvalue weighted by Gasteiger charge is 2.12. The number of hydrogen-bond acceptors (Lipinski definition) is 4. The van der Waals surface area contributed by atoms with Gasteiger partial charge in [0.25, 0.3) is 0 Å². The van der Waals surface area contributed by atoms with Gasteiger partial charge in [0, 0.05) is 38.6 Å². The Hall–Kier alpha value is -2.53. The quantitative estimate of drug-likeness (QED) is 0.799. The van der Waals surface area contributed by atoms with E-state index < -0.39 is 0 Å². The summed E-state index contributed by atoms with van der Waals surface area (Å²) in [5, 5.41) is 0. The van der Waals surface area contributed by atoms with E-state index in [2.05, 4.69) is 4.98 Å². The molecule has 0 saturated heterocycles. The number of ether oxygens (including phenoxy) is 1. The van der Waals surface area contributed by atoms with E-state index in [1.807, 2.05) is 72.1 Å². The van der Waals surface area contributed by atoms with Gasteiger partial charge in [0.1, 0.15) is 17.1 Å². The predicted molar refractivity (Wildman–Crippen MR) is 83.9 cm³/mol. The highest BCUT2D eigenvalue weighted by molar-refractivity contribution is 5.51. The first kappa shape index (κ1) is 13.5. The maximum Gasteiger partial charge on any atom is 0.242 e. The van der Waals surface area contributed by atoms with E-state index in [1.165, 1.54) is 0 Å². The Balaban J connectivity index is 2.00. The highest BCUT2D eigenvalue weighted by Crippen LogP contribution is 2.27. The second-order valence-corrected chi connectivity index (χ2v) is 4.99. The molecule has 108 valence electrons. The van der Waals surface area contributed by atoms with E-state index in [9.17, 15) is 0 Å². The van der Waals surface area contributed by atoms with Gasteiger partial charge in [-0.3, -0.25) is 4.40 Å². The van der Waals surface area contributed by atoms with Crippen molar-refractivity contribution in [2.45, 2.75) is 6.54 Å². The minimum Gasteiger partial charge on any atom is -0.437 e. The number of hydrogen-bond donors (Lipinski definition) is 1. The number of fused-ring (bicyclic) bond motifs is 1. The van der Waals surface area contributed by atoms with Crippen LogP contribution in [0.25, 0.3) is 5.65 Å². The number of anilines is 1. The maximum atomic E-state index is 5.94. The number of benzene rings is 1. The van der Waals surface area contributed by atoms with Gasteiger partial charge >= 0.3 is 0 Å². The van der Waals surface area contributed by atoms with Gasteiger partial charge in [-0.05, 0) is 24.3 Å². The molecule has 0 amide bonds. The zero-order valence-corrected chi connectivity index (χ0v) is 12.2. The summed E-state index contributed by atoms with van der Waals surface area (Å²) in [6, 6.07) is 13.7. The molecule has 0 bridgehead atoms. The van der Waals surface area contributed by atoms with E-state index >= 15 is 0 Å². The molecule has 1 aromatic carbocycles. The summed E-state index contributed by atoms with van der Waals surface area (Å²) in [6.45, 7) is 0.369. The van der Waals surface area contributed by atoms with Crippen LogP contribution in [0, 0.1) is 0 Å². The van der Waals surface area contributed by atoms with Crippen molar-refractivity contribution in [3.8, 4) is 11.6 Å². The third kappa shape index (κ3) is 2.55. The van der Waals surface area contributed by atoms with Crippen LogP contribution in [0.15, 0.2) is 48.7 Å². The summed E-state index contributed by atoms with van der Waals surface area (Å²) in [5.74, 6) is 1.30. The van der Waals surface area contributed by atoms with Crippen molar-refractivity contribution in [1.82, 2.24) is 9.38 Å². The van der Waals surface area contributed by atoms with Crippen LogP contribution in [0.5, 0.6) is 11.6 Å². The zero-order chi connectivity index (χ0) is 14.8. The number of nitrogens with two attached hydrogens (primary N) is 1. The standard InChI is InChI=1S/C16H18N4O/c1-19(2)12-6-5-7-13(10-12)21-16-14(11-17)20-9-4-3-8-15(20)18-16/h3-10H,11,17H2,1-2H3. The number of aromatic nitrogens is 2. The van der Waals surface area contributed by atoms with Crippen LogP contribution in [0.2, 0.25) is 0 Å². The summed E-state index contributed by atoms with van der Waals surface area (Å²) >= 11 is 0. The SMILES string of the molecule is CN(C)c1cccc(Oc2nc3ccccn3c2CN)c1. The largest absolute Gasteiger partial charge is 0.437 e. The summed E-state index contributed by atoms with van der Waals surface area (Å²) < 4.78 is 7.89. The highest BCUT2D eigenvalue weighted by atomic mass is 16.5. The molecule has 5 nitrogen and oxygen atoms in total. The Bertz CT molecular complexity index is 764. The van der Waals surface area contributed by atoms with E-state index in [-0.39, 0.29) is 0 Å². The summed E-state index contributed by atoms with van der Waals surface area (Å²) in [4.78, 5) is 6.53. The molecule has 21 heavy (non-hydrogen) atoms. The van der Waals surface area contributed by atoms with Crippen molar-refractivity contribution in [3.63, 3.8) is 0 Å². The Morgan fingerprint density at radius 1 is 1.19 bits per heavy atom. The molecule has 0 fully saturated rings. The fourth-order valence-corrected chi connectivity index (χ4v) is 2.23. The van der Waals surface area contributed by atoms with Gasteiger partial charge < -0.3 is 15.4 Å². The number of imidazole rings is 1. The molecule has 0 spiro atoms. The van der Waals surface area contributed by atoms with Crippen molar-refractivity contribution in [3.05, 3.63) is 54.4 Å². The summed E-state index contributed by atoms with van der Waals surface area (Å²) in [7, 11) is 3.99. The molecular weight excluding hydrogens is 264 g/mol. The molecule has 0 atom stereocenters. The number of rotatable bonds is 4. The first-order chi connectivity index (χ1) is 10.2. The van der Waals surface area contributed by atoms with Crippen LogP contribution in [-0.4, -0.2) is 23.5 Å². The van der Waals surface area contributed by atoms with Crippen LogP contribution in [-0.2, 0) is 6.54 Å². The van der Waals surface area contributed by atoms with Gasteiger partial charge in [0.15, 0.2) is 0 Å². The molecule has 2 aromatic heterocycles. The van der Waals surface area contributed by atoms with Crippen molar-refractivity contribution < 1.29 is 4.74 Å². The molecular formula is C16H18N4O. The van der Waals surface area contributed by atoms with E-state index in [1.54, 1.807) is 0 Å². The average molecular weight is 282 g/mol. The maximum absolute atomic E-state index is 5.94. The summed E-state index contributed by atoms with van der Waals surface area (Å²) in [5.41, 5.74) is 8.61. The van der Waals surface area contributed by atoms with Crippen molar-refractivity contribution in [1.29, 1.82) is 0 Å². The Kier molecular flexibility index (Phi) is 3.50. The topological polar surface area (TPSA) is 55.8 Å². The van der Waals surface area contributed by atoms with Crippen molar-refractivity contribution in [2.24, 2.45) is 5.73 Å². The van der Waals surface area contributed by atoms with E-state index in [0.29, 0.717) is 12.4 Å². The smallest absolute Gasteiger partial charge is 0.242 e. The Morgan fingerprint density at radius 2 is 2.05 bits per heavy atom. The minimum absolute atomic E-state index is 0.369. The lowest BCUT2D eigenvalue weighted by atomic mass is 10.3. The molecule has 0 unspecified atom stereocenters. The molecule has 3 rings (SSSR count). The van der Waals surface area contributed by atoms with Crippen molar-refractivity contribution in [2.75, 3.05) is 19.0 Å². The molecule has 2 heterocycles. The monoisotopic (exact) mass is 282 g/mol. The zero-order valence-electron chi connectivity index (χ0n) is 12.2. The predicted octanol–water partition coefficient (Wildman–Crippen LogP) is 2.65. The fourth-order valence-electron chi connectivity index (χ4n) is 2.23. The third-order valence-corrected chi connectivity index (χ3v) is 3.33. The molecule has 0 aliphatic carbocycles. The van der Waals surface area contributed by atoms with Crippen LogP contribution < -0.4 is 15.4 Å². The molecule has 0 radical (unpaired) electrons. The molecule has 0 aliphatic heterocycles. The lowest BCUT2D eigenvalue weighted by Gasteiger charge is -2.13. The molecule has 2 N–H and O–H groups in total. The van der Waals surface area contributed by atoms with Crippen LogP contribution >= 0.6 is 0 Å². The second kappa shape index (κ2) is 5.46. The first-order valence-corrected chi connectivity index (χ1v) is 6.80. The number of pyridine rings is 1. The summed E-state index contributed by atoms with van der Waals surface area (Å²) in [6.07, 6.45) is 1.94. The van der Waals surface area contributed by atoms with Crippen LogP contribution in [0.1, 0.15) is 5.69 Å². The van der Waals surface area contributed by atoms with Gasteiger partial charge in [-0.15, -0.1) is 0 Å². The number of nitrogens with zero attached hydrogens (tertiary/aromatic N) is 3. The first-order valence-electron chi connectivity index (χ1n) is 6.80. The van der Waals surface area contributed by atoms with E-state index in [0.717, 1.165) is 22.8 Å². The lowest BCUT2D eigenvalue weighted by molar-refractivity contribution is 0.459. The molecule has 3 aromatic rings. The molecule has 0 aliphatic rings. The van der Waals surface area contributed by atoms with Gasteiger partial charge in [0.05, 0.1) is 0 Å². The second-order valence-electron chi connectivity index (χ2n) is 4.99. The van der Waals surface area contributed by atoms with Crippen molar-refractivity contribution >= 4 is 11.3 Å². The molecule has 0 saturated carbocycles. The molecule has 5 heteroatoms. The Morgan fingerprint density at radius 3 is 2.81 bits per heavy atom. The average Bonchev–Trinajstić information content (AvgIpc) is 2.84. The normalized spacial score (nSPS) is 10.8. The van der Waals surface area contributed by atoms with Crippen LogP contribution in [0.4, 0.5) is 5.69 Å². The lowest BCUT2D eigenvalue weighted by Crippen LogP contribution is -2.08. The Labute approximate surface area is 123 Å². The van der Waals surface area contributed by atoms with Gasteiger partial charge in [-0.1, -0.05) is 12.1 Å². The van der Waals surface area contributed by atoms with Gasteiger partial charge in [-0.2, -0.15) is 4.98 Å². The van der Waals surface area contributed by atoms with Gasteiger partial charge in [0.2, 0.25) is 5.88 Å². The van der Waals surface area contributed by atoms with Crippen LogP contribution in [0.3, 0.4) is 0 Å². The fraction of sp³-hybridized carbons (Fsp3) is 0.188. The third-order valence-electron chi connectivity index (χ3n) is 3.33. The van der Waals surface area contributed by atoms with E-state index in [4.69, 9.17) is 10.5 Å². The van der Waals surface area contributed by atoms with Gasteiger partial charge in [-0.25, -0.2) is 0 Å².